The maximum Gasteiger partial charge on any atom is -0.00187 e. The molecule has 74 valence electrons. The van der Waals surface area contributed by atoms with E-state index in [0.717, 1.165) is 5.92 Å². The van der Waals surface area contributed by atoms with Gasteiger partial charge in [-0.3, -0.25) is 0 Å². The maximum absolute atomic E-state index is 2.44. The number of hydrogen-bond acceptors (Lipinski definition) is 0. The summed E-state index contributed by atoms with van der Waals surface area (Å²) < 4.78 is 0. The Hall–Kier alpha value is -0.520. The third kappa shape index (κ3) is 2.46. The van der Waals surface area contributed by atoms with Crippen LogP contribution in [0.1, 0.15) is 41.0 Å². The van der Waals surface area contributed by atoms with Gasteiger partial charge in [0.25, 0.3) is 0 Å². The summed E-state index contributed by atoms with van der Waals surface area (Å²) in [7, 11) is 0. The van der Waals surface area contributed by atoms with Gasteiger partial charge in [-0.1, -0.05) is 59.3 Å². The second-order valence-electron chi connectivity index (χ2n) is 5.19. The quantitative estimate of drug-likeness (QED) is 0.594. The van der Waals surface area contributed by atoms with Crippen molar-refractivity contribution in [3.63, 3.8) is 0 Å². The molecule has 0 fully saturated rings. The summed E-state index contributed by atoms with van der Waals surface area (Å²) in [6, 6.07) is 0. The topological polar surface area (TPSA) is 0 Å². The average molecular weight is 178 g/mol. The molecule has 0 nitrogen and oxygen atoms in total. The second-order valence-corrected chi connectivity index (χ2v) is 5.19. The summed E-state index contributed by atoms with van der Waals surface area (Å²) in [5.41, 5.74) is 1.82. The fourth-order valence-corrected chi connectivity index (χ4v) is 1.66. The van der Waals surface area contributed by atoms with Crippen molar-refractivity contribution < 1.29 is 0 Å². The molecule has 0 spiro atoms. The van der Waals surface area contributed by atoms with E-state index in [1.54, 1.807) is 0 Å². The van der Waals surface area contributed by atoms with E-state index in [1.807, 2.05) is 0 Å². The standard InChI is InChI=1S/C13H22/c1-6-10(2)11-7-8-12(9-11)13(3,4)5/h7-11H,6H2,1-5H3. The summed E-state index contributed by atoms with van der Waals surface area (Å²) in [4.78, 5) is 0. The predicted octanol–water partition coefficient (Wildman–Crippen LogP) is 4.19. The molecule has 1 aliphatic carbocycles. The SMILES string of the molecule is CCC(C)C1C=CC(C(C)(C)C)=C1. The lowest BCUT2D eigenvalue weighted by molar-refractivity contribution is 0.476. The Labute approximate surface area is 82.7 Å². The molecule has 0 N–H and O–H groups in total. The molecule has 1 aliphatic rings. The van der Waals surface area contributed by atoms with Gasteiger partial charge in [0.05, 0.1) is 0 Å². The van der Waals surface area contributed by atoms with Gasteiger partial charge in [0, 0.05) is 0 Å². The van der Waals surface area contributed by atoms with Crippen LogP contribution in [0.5, 0.6) is 0 Å². The molecule has 0 saturated carbocycles. The molecule has 1 rings (SSSR count). The molecule has 2 atom stereocenters. The first kappa shape index (κ1) is 10.6. The summed E-state index contributed by atoms with van der Waals surface area (Å²) in [5.74, 6) is 1.47. The van der Waals surface area contributed by atoms with Crippen molar-refractivity contribution in [2.24, 2.45) is 17.3 Å². The van der Waals surface area contributed by atoms with E-state index in [4.69, 9.17) is 0 Å². The third-order valence-electron chi connectivity index (χ3n) is 3.04. The minimum absolute atomic E-state index is 0.318. The molecule has 0 radical (unpaired) electrons. The van der Waals surface area contributed by atoms with Gasteiger partial charge in [0.15, 0.2) is 0 Å². The molecule has 0 heterocycles. The summed E-state index contributed by atoms with van der Waals surface area (Å²) in [6.07, 6.45) is 8.36. The van der Waals surface area contributed by atoms with E-state index in [2.05, 4.69) is 52.8 Å². The second kappa shape index (κ2) is 3.69. The van der Waals surface area contributed by atoms with E-state index < -0.39 is 0 Å². The van der Waals surface area contributed by atoms with Crippen LogP contribution in [0.15, 0.2) is 23.8 Å². The highest BCUT2D eigenvalue weighted by molar-refractivity contribution is 5.33. The van der Waals surface area contributed by atoms with Gasteiger partial charge in [-0.15, -0.1) is 0 Å². The lowest BCUT2D eigenvalue weighted by Crippen LogP contribution is -2.08. The predicted molar refractivity (Wildman–Crippen MR) is 59.6 cm³/mol. The van der Waals surface area contributed by atoms with Crippen LogP contribution in [-0.2, 0) is 0 Å². The van der Waals surface area contributed by atoms with Gasteiger partial charge in [-0.25, -0.2) is 0 Å². The first-order valence-electron chi connectivity index (χ1n) is 5.35. The molecule has 2 unspecified atom stereocenters. The van der Waals surface area contributed by atoms with E-state index in [1.165, 1.54) is 12.0 Å². The highest BCUT2D eigenvalue weighted by Gasteiger charge is 2.22. The van der Waals surface area contributed by atoms with Crippen molar-refractivity contribution in [1.29, 1.82) is 0 Å². The highest BCUT2D eigenvalue weighted by Crippen LogP contribution is 2.34. The summed E-state index contributed by atoms with van der Waals surface area (Å²) in [5, 5.41) is 0. The van der Waals surface area contributed by atoms with Crippen LogP contribution in [0.4, 0.5) is 0 Å². The Morgan fingerprint density at radius 3 is 2.38 bits per heavy atom. The Morgan fingerprint density at radius 1 is 1.38 bits per heavy atom. The lowest BCUT2D eigenvalue weighted by atomic mass is 9.86. The molecular weight excluding hydrogens is 156 g/mol. The molecule has 0 amide bonds. The molecule has 13 heavy (non-hydrogen) atoms. The fourth-order valence-electron chi connectivity index (χ4n) is 1.66. The van der Waals surface area contributed by atoms with Crippen LogP contribution in [-0.4, -0.2) is 0 Å². The molecule has 0 bridgehead atoms. The lowest BCUT2D eigenvalue weighted by Gasteiger charge is -2.19. The Kier molecular flexibility index (Phi) is 3.00. The highest BCUT2D eigenvalue weighted by atomic mass is 14.3. The van der Waals surface area contributed by atoms with E-state index >= 15 is 0 Å². The van der Waals surface area contributed by atoms with Gasteiger partial charge < -0.3 is 0 Å². The van der Waals surface area contributed by atoms with Gasteiger partial charge in [-0.05, 0) is 22.8 Å². The zero-order chi connectivity index (χ0) is 10.1. The van der Waals surface area contributed by atoms with E-state index in [0.29, 0.717) is 11.3 Å². The van der Waals surface area contributed by atoms with Gasteiger partial charge in [0.1, 0.15) is 0 Å². The monoisotopic (exact) mass is 178 g/mol. The van der Waals surface area contributed by atoms with Crippen molar-refractivity contribution in [2.75, 3.05) is 0 Å². The van der Waals surface area contributed by atoms with Crippen molar-refractivity contribution in [1.82, 2.24) is 0 Å². The maximum atomic E-state index is 2.44. The first-order valence-corrected chi connectivity index (χ1v) is 5.35. The molecule has 0 aliphatic heterocycles. The number of hydrogen-bond donors (Lipinski definition) is 0. The Morgan fingerprint density at radius 2 is 2.00 bits per heavy atom. The van der Waals surface area contributed by atoms with Crippen molar-refractivity contribution >= 4 is 0 Å². The van der Waals surface area contributed by atoms with E-state index in [-0.39, 0.29) is 0 Å². The average Bonchev–Trinajstić information content (AvgIpc) is 2.50. The normalized spacial score (nSPS) is 24.7. The molecule has 0 aromatic rings. The molecule has 0 aromatic carbocycles. The van der Waals surface area contributed by atoms with Gasteiger partial charge >= 0.3 is 0 Å². The Bertz CT molecular complexity index is 225. The first-order chi connectivity index (χ1) is 5.95. The summed E-state index contributed by atoms with van der Waals surface area (Å²) in [6.45, 7) is 11.4. The Balaban J connectivity index is 2.71. The van der Waals surface area contributed by atoms with Crippen LogP contribution < -0.4 is 0 Å². The van der Waals surface area contributed by atoms with Crippen molar-refractivity contribution in [2.45, 2.75) is 41.0 Å². The molecule has 0 heteroatoms. The van der Waals surface area contributed by atoms with Crippen molar-refractivity contribution in [3.05, 3.63) is 23.8 Å². The minimum Gasteiger partial charge on any atom is -0.0771 e. The number of allylic oxidation sites excluding steroid dienone is 4. The number of rotatable bonds is 2. The zero-order valence-corrected chi connectivity index (χ0v) is 9.59. The summed E-state index contributed by atoms with van der Waals surface area (Å²) >= 11 is 0. The van der Waals surface area contributed by atoms with Crippen molar-refractivity contribution in [3.8, 4) is 0 Å². The van der Waals surface area contributed by atoms with Crippen LogP contribution in [0.25, 0.3) is 0 Å². The van der Waals surface area contributed by atoms with Gasteiger partial charge in [0.2, 0.25) is 0 Å². The molecule has 0 saturated heterocycles. The minimum atomic E-state index is 0.318. The third-order valence-corrected chi connectivity index (χ3v) is 3.04. The van der Waals surface area contributed by atoms with Crippen LogP contribution in [0.3, 0.4) is 0 Å². The molecule has 0 aromatic heterocycles. The largest absolute Gasteiger partial charge is 0.0771 e. The van der Waals surface area contributed by atoms with Crippen LogP contribution in [0, 0.1) is 17.3 Å². The van der Waals surface area contributed by atoms with Crippen LogP contribution >= 0.6 is 0 Å². The molecular formula is C13H22. The fraction of sp³-hybridized carbons (Fsp3) is 0.692. The zero-order valence-electron chi connectivity index (χ0n) is 9.59. The smallest absolute Gasteiger partial charge is 0.00187 e. The van der Waals surface area contributed by atoms with Crippen LogP contribution in [0.2, 0.25) is 0 Å². The van der Waals surface area contributed by atoms with E-state index in [9.17, 15) is 0 Å². The van der Waals surface area contributed by atoms with Gasteiger partial charge in [-0.2, -0.15) is 0 Å².